The highest BCUT2D eigenvalue weighted by Gasteiger charge is 2.35. The molecule has 4 rings (SSSR count). The minimum atomic E-state index is -0.341. The Balaban J connectivity index is 1.46. The maximum absolute atomic E-state index is 13.0. The van der Waals surface area contributed by atoms with Gasteiger partial charge < -0.3 is 4.90 Å². The fourth-order valence-electron chi connectivity index (χ4n) is 3.99. The van der Waals surface area contributed by atoms with Crippen molar-refractivity contribution in [3.63, 3.8) is 0 Å². The molecule has 3 amide bonds. The molecule has 0 saturated carbocycles. The van der Waals surface area contributed by atoms with Crippen molar-refractivity contribution in [1.29, 1.82) is 0 Å². The van der Waals surface area contributed by atoms with E-state index < -0.39 is 0 Å². The SMILES string of the molecule is CC(C)N1CCN(C(=O)c2cccc(/C=C3\SC(=O)N(Cc4cccc(Cl)c4)C3=O)c2)CC1. The summed E-state index contributed by atoms with van der Waals surface area (Å²) in [5.41, 5.74) is 2.09. The third kappa shape index (κ3) is 5.49. The van der Waals surface area contributed by atoms with Crippen LogP contribution in [0.2, 0.25) is 5.02 Å². The fourth-order valence-corrected chi connectivity index (χ4v) is 5.04. The van der Waals surface area contributed by atoms with Crippen molar-refractivity contribution >= 4 is 46.5 Å². The maximum atomic E-state index is 13.0. The van der Waals surface area contributed by atoms with Gasteiger partial charge in [0.05, 0.1) is 11.4 Å². The highest BCUT2D eigenvalue weighted by Crippen LogP contribution is 2.33. The van der Waals surface area contributed by atoms with Crippen molar-refractivity contribution < 1.29 is 14.4 Å². The van der Waals surface area contributed by atoms with Crippen LogP contribution < -0.4 is 0 Å². The van der Waals surface area contributed by atoms with E-state index in [2.05, 4.69) is 18.7 Å². The number of hydrogen-bond donors (Lipinski definition) is 0. The lowest BCUT2D eigenvalue weighted by atomic mass is 10.1. The van der Waals surface area contributed by atoms with Crippen molar-refractivity contribution in [2.75, 3.05) is 26.2 Å². The van der Waals surface area contributed by atoms with Gasteiger partial charge in [0.2, 0.25) is 0 Å². The molecule has 0 unspecified atom stereocenters. The minimum Gasteiger partial charge on any atom is -0.336 e. The van der Waals surface area contributed by atoms with E-state index in [-0.39, 0.29) is 23.6 Å². The quantitative estimate of drug-likeness (QED) is 0.575. The summed E-state index contributed by atoms with van der Waals surface area (Å²) in [6, 6.07) is 14.8. The Morgan fingerprint density at radius 3 is 2.48 bits per heavy atom. The molecule has 172 valence electrons. The zero-order valence-electron chi connectivity index (χ0n) is 18.7. The number of imide groups is 1. The van der Waals surface area contributed by atoms with Crippen LogP contribution in [0.25, 0.3) is 6.08 Å². The second kappa shape index (κ2) is 10.1. The molecule has 2 heterocycles. The molecule has 2 aromatic rings. The molecule has 8 heteroatoms. The fraction of sp³-hybridized carbons (Fsp3) is 0.320. The first-order chi connectivity index (χ1) is 15.8. The molecule has 2 aromatic carbocycles. The van der Waals surface area contributed by atoms with E-state index in [4.69, 9.17) is 11.6 Å². The summed E-state index contributed by atoms with van der Waals surface area (Å²) in [6.45, 7) is 7.62. The maximum Gasteiger partial charge on any atom is 0.293 e. The molecule has 0 aliphatic carbocycles. The van der Waals surface area contributed by atoms with Gasteiger partial charge in [0.15, 0.2) is 0 Å². The Bertz CT molecular complexity index is 1110. The summed E-state index contributed by atoms with van der Waals surface area (Å²) in [5, 5.41) is 0.239. The van der Waals surface area contributed by atoms with E-state index in [9.17, 15) is 14.4 Å². The van der Waals surface area contributed by atoms with Gasteiger partial charge in [-0.3, -0.25) is 24.2 Å². The van der Waals surface area contributed by atoms with Crippen LogP contribution in [0.1, 0.15) is 35.3 Å². The molecule has 0 radical (unpaired) electrons. The second-order valence-corrected chi connectivity index (χ2v) is 9.87. The standard InChI is InChI=1S/C25H26ClN3O3S/c1-17(2)27-9-11-28(12-10-27)23(30)20-7-3-5-18(13-20)15-22-24(31)29(25(32)33-22)16-19-6-4-8-21(26)14-19/h3-8,13-15,17H,9-12,16H2,1-2H3/b22-15-. The summed E-state index contributed by atoms with van der Waals surface area (Å²) in [6.07, 6.45) is 1.68. The highest BCUT2D eigenvalue weighted by molar-refractivity contribution is 8.18. The van der Waals surface area contributed by atoms with Gasteiger partial charge in [-0.25, -0.2) is 0 Å². The number of hydrogen-bond acceptors (Lipinski definition) is 5. The van der Waals surface area contributed by atoms with E-state index in [1.807, 2.05) is 17.0 Å². The molecule has 0 atom stereocenters. The molecular formula is C25H26ClN3O3S. The number of piperazine rings is 1. The van der Waals surface area contributed by atoms with Crippen molar-refractivity contribution in [3.05, 3.63) is 75.1 Å². The lowest BCUT2D eigenvalue weighted by molar-refractivity contribution is -0.123. The van der Waals surface area contributed by atoms with E-state index in [0.29, 0.717) is 34.6 Å². The van der Waals surface area contributed by atoms with Gasteiger partial charge in [0.1, 0.15) is 0 Å². The molecule has 2 aliphatic rings. The molecule has 2 fully saturated rings. The number of thioether (sulfide) groups is 1. The molecule has 0 bridgehead atoms. The Kier molecular flexibility index (Phi) is 7.22. The molecule has 33 heavy (non-hydrogen) atoms. The number of carbonyl (C=O) groups excluding carboxylic acids is 3. The van der Waals surface area contributed by atoms with Crippen LogP contribution in [0.5, 0.6) is 0 Å². The van der Waals surface area contributed by atoms with Crippen LogP contribution in [-0.4, -0.2) is 64.0 Å². The van der Waals surface area contributed by atoms with Gasteiger partial charge in [-0.1, -0.05) is 35.9 Å². The van der Waals surface area contributed by atoms with Gasteiger partial charge in [-0.2, -0.15) is 0 Å². The molecule has 2 saturated heterocycles. The lowest BCUT2D eigenvalue weighted by Crippen LogP contribution is -2.50. The molecular weight excluding hydrogens is 458 g/mol. The summed E-state index contributed by atoms with van der Waals surface area (Å²) in [7, 11) is 0. The number of amides is 3. The highest BCUT2D eigenvalue weighted by atomic mass is 35.5. The van der Waals surface area contributed by atoms with Crippen LogP contribution in [-0.2, 0) is 11.3 Å². The predicted octanol–water partition coefficient (Wildman–Crippen LogP) is 4.74. The summed E-state index contributed by atoms with van der Waals surface area (Å²) < 4.78 is 0. The Morgan fingerprint density at radius 1 is 1.06 bits per heavy atom. The summed E-state index contributed by atoms with van der Waals surface area (Å²) in [5.74, 6) is -0.353. The third-order valence-electron chi connectivity index (χ3n) is 5.87. The Labute approximate surface area is 203 Å². The van der Waals surface area contributed by atoms with E-state index >= 15 is 0 Å². The Hall–Kier alpha value is -2.61. The molecule has 0 spiro atoms. The largest absolute Gasteiger partial charge is 0.336 e. The van der Waals surface area contributed by atoms with Crippen molar-refractivity contribution in [3.8, 4) is 0 Å². The number of halogens is 1. The van der Waals surface area contributed by atoms with E-state index in [0.717, 1.165) is 36.0 Å². The van der Waals surface area contributed by atoms with Gasteiger partial charge in [0.25, 0.3) is 17.1 Å². The van der Waals surface area contributed by atoms with E-state index in [1.54, 1.807) is 42.5 Å². The first-order valence-corrected chi connectivity index (χ1v) is 12.1. The average molecular weight is 484 g/mol. The van der Waals surface area contributed by atoms with Crippen molar-refractivity contribution in [1.82, 2.24) is 14.7 Å². The van der Waals surface area contributed by atoms with Crippen LogP contribution >= 0.6 is 23.4 Å². The summed E-state index contributed by atoms with van der Waals surface area (Å²) >= 11 is 6.93. The number of nitrogens with zero attached hydrogens (tertiary/aromatic N) is 3. The van der Waals surface area contributed by atoms with Gasteiger partial charge >= 0.3 is 0 Å². The van der Waals surface area contributed by atoms with Gasteiger partial charge in [-0.05, 0) is 67.1 Å². The van der Waals surface area contributed by atoms with Gasteiger partial charge in [0, 0.05) is 42.8 Å². The predicted molar refractivity (Wildman–Crippen MR) is 132 cm³/mol. The van der Waals surface area contributed by atoms with Crippen LogP contribution in [0.4, 0.5) is 4.79 Å². The van der Waals surface area contributed by atoms with Crippen LogP contribution in [0.3, 0.4) is 0 Å². The molecule has 0 N–H and O–H groups in total. The number of rotatable bonds is 5. The van der Waals surface area contributed by atoms with Crippen LogP contribution in [0, 0.1) is 0 Å². The zero-order valence-corrected chi connectivity index (χ0v) is 20.2. The monoisotopic (exact) mass is 483 g/mol. The van der Waals surface area contributed by atoms with E-state index in [1.165, 1.54) is 4.90 Å². The summed E-state index contributed by atoms with van der Waals surface area (Å²) in [4.78, 5) is 44.1. The third-order valence-corrected chi connectivity index (χ3v) is 7.01. The first kappa shape index (κ1) is 23.5. The number of carbonyl (C=O) groups is 3. The first-order valence-electron chi connectivity index (χ1n) is 10.9. The Morgan fingerprint density at radius 2 is 1.79 bits per heavy atom. The average Bonchev–Trinajstić information content (AvgIpc) is 3.06. The van der Waals surface area contributed by atoms with Gasteiger partial charge in [-0.15, -0.1) is 0 Å². The minimum absolute atomic E-state index is 0.0114. The molecule has 6 nitrogen and oxygen atoms in total. The second-order valence-electron chi connectivity index (χ2n) is 8.45. The van der Waals surface area contributed by atoms with Crippen molar-refractivity contribution in [2.24, 2.45) is 0 Å². The zero-order chi connectivity index (χ0) is 23.5. The number of benzene rings is 2. The molecule has 2 aliphatic heterocycles. The van der Waals surface area contributed by atoms with Crippen molar-refractivity contribution in [2.45, 2.75) is 26.4 Å². The lowest BCUT2D eigenvalue weighted by Gasteiger charge is -2.37. The smallest absolute Gasteiger partial charge is 0.293 e. The topological polar surface area (TPSA) is 60.9 Å². The normalized spacial score (nSPS) is 18.6. The molecule has 0 aromatic heterocycles. The van der Waals surface area contributed by atoms with Crippen LogP contribution in [0.15, 0.2) is 53.4 Å².